The summed E-state index contributed by atoms with van der Waals surface area (Å²) in [5.74, 6) is 0. The molecule has 0 radical (unpaired) electrons. The van der Waals surface area contributed by atoms with Crippen LogP contribution in [0.5, 0.6) is 0 Å². The van der Waals surface area contributed by atoms with Crippen molar-refractivity contribution in [2.75, 3.05) is 6.54 Å². The lowest BCUT2D eigenvalue weighted by atomic mass is 9.96. The molecule has 1 fully saturated rings. The van der Waals surface area contributed by atoms with Gasteiger partial charge in [0.05, 0.1) is 21.9 Å². The lowest BCUT2D eigenvalue weighted by Crippen LogP contribution is -2.36. The molecule has 14 heavy (non-hydrogen) atoms. The normalized spacial score (nSPS) is 27.1. The van der Waals surface area contributed by atoms with E-state index in [1.165, 1.54) is 18.5 Å². The topological polar surface area (TPSA) is 29.9 Å². The summed E-state index contributed by atoms with van der Waals surface area (Å²) in [6.45, 7) is 6.42. The maximum atomic E-state index is 4.35. The average Bonchev–Trinajstić information content (AvgIpc) is 2.73. The van der Waals surface area contributed by atoms with Crippen molar-refractivity contribution in [1.29, 1.82) is 0 Å². The fourth-order valence-corrected chi connectivity index (χ4v) is 2.98. The fourth-order valence-electron chi connectivity index (χ4n) is 2.25. The number of rotatable bonds is 2. The second kappa shape index (κ2) is 3.66. The lowest BCUT2D eigenvalue weighted by Gasteiger charge is -2.25. The Kier molecular flexibility index (Phi) is 2.66. The van der Waals surface area contributed by atoms with E-state index in [0.29, 0.717) is 0 Å². The van der Waals surface area contributed by atoms with E-state index in [0.717, 1.165) is 17.6 Å². The molecule has 1 aromatic rings. The van der Waals surface area contributed by atoms with Crippen molar-refractivity contribution in [3.63, 3.8) is 0 Å². The van der Waals surface area contributed by atoms with Crippen molar-refractivity contribution in [1.82, 2.24) is 15.1 Å². The smallest absolute Gasteiger partial charge is 0.0724 e. The van der Waals surface area contributed by atoms with Crippen LogP contribution in [0.2, 0.25) is 0 Å². The Bertz CT molecular complexity index is 326. The average molecular weight is 258 g/mol. The molecule has 0 saturated carbocycles. The molecule has 2 rings (SSSR count). The van der Waals surface area contributed by atoms with Gasteiger partial charge in [-0.2, -0.15) is 5.10 Å². The van der Waals surface area contributed by atoms with Gasteiger partial charge >= 0.3 is 0 Å². The first kappa shape index (κ1) is 10.2. The minimum atomic E-state index is 0.103. The third-order valence-electron chi connectivity index (χ3n) is 2.99. The van der Waals surface area contributed by atoms with E-state index >= 15 is 0 Å². The maximum Gasteiger partial charge on any atom is 0.0724 e. The van der Waals surface area contributed by atoms with Gasteiger partial charge in [0.25, 0.3) is 0 Å². The van der Waals surface area contributed by atoms with E-state index in [1.807, 2.05) is 6.20 Å². The summed E-state index contributed by atoms with van der Waals surface area (Å²) < 4.78 is 3.19. The van der Waals surface area contributed by atoms with E-state index < -0.39 is 0 Å². The van der Waals surface area contributed by atoms with Crippen molar-refractivity contribution in [2.45, 2.75) is 38.8 Å². The third kappa shape index (κ3) is 1.50. The van der Waals surface area contributed by atoms with Gasteiger partial charge in [0.1, 0.15) is 0 Å². The Morgan fingerprint density at radius 2 is 2.50 bits per heavy atom. The van der Waals surface area contributed by atoms with Gasteiger partial charge in [-0.15, -0.1) is 0 Å². The first-order valence-corrected chi connectivity index (χ1v) is 5.93. The molecule has 4 heteroatoms. The molecule has 0 amide bonds. The molecule has 0 spiro atoms. The van der Waals surface area contributed by atoms with Gasteiger partial charge in [0.15, 0.2) is 0 Å². The predicted octanol–water partition coefficient (Wildman–Crippen LogP) is 2.26. The predicted molar refractivity (Wildman–Crippen MR) is 60.2 cm³/mol. The van der Waals surface area contributed by atoms with E-state index in [-0.39, 0.29) is 5.54 Å². The highest BCUT2D eigenvalue weighted by Crippen LogP contribution is 2.34. The number of hydrogen-bond donors (Lipinski definition) is 1. The van der Waals surface area contributed by atoms with Gasteiger partial charge in [0.2, 0.25) is 0 Å². The Labute approximate surface area is 93.0 Å². The molecule has 1 atom stereocenters. The fraction of sp³-hybridized carbons (Fsp3) is 0.700. The van der Waals surface area contributed by atoms with Crippen molar-refractivity contribution in [2.24, 2.45) is 0 Å². The van der Waals surface area contributed by atoms with Crippen LogP contribution in [0.3, 0.4) is 0 Å². The van der Waals surface area contributed by atoms with Crippen LogP contribution < -0.4 is 5.32 Å². The first-order valence-electron chi connectivity index (χ1n) is 5.14. The van der Waals surface area contributed by atoms with Crippen LogP contribution in [0, 0.1) is 0 Å². The monoisotopic (exact) mass is 257 g/mol. The molecule has 78 valence electrons. The number of hydrogen-bond acceptors (Lipinski definition) is 2. The van der Waals surface area contributed by atoms with Crippen LogP contribution in [0.25, 0.3) is 0 Å². The number of nitrogens with one attached hydrogen (secondary N) is 1. The zero-order chi connectivity index (χ0) is 10.2. The van der Waals surface area contributed by atoms with Crippen LogP contribution in [0.1, 0.15) is 32.4 Å². The molecule has 1 aliphatic heterocycles. The molecule has 1 unspecified atom stereocenters. The number of aryl methyl sites for hydroxylation is 1. The van der Waals surface area contributed by atoms with Crippen LogP contribution >= 0.6 is 15.9 Å². The van der Waals surface area contributed by atoms with Crippen molar-refractivity contribution < 1.29 is 0 Å². The molecule has 0 bridgehead atoms. The van der Waals surface area contributed by atoms with Crippen LogP contribution in [0.15, 0.2) is 10.7 Å². The second-order valence-electron chi connectivity index (χ2n) is 4.02. The Morgan fingerprint density at radius 3 is 3.07 bits per heavy atom. The van der Waals surface area contributed by atoms with Crippen LogP contribution in [-0.2, 0) is 12.1 Å². The van der Waals surface area contributed by atoms with Gasteiger partial charge in [-0.25, -0.2) is 0 Å². The van der Waals surface area contributed by atoms with E-state index in [4.69, 9.17) is 0 Å². The van der Waals surface area contributed by atoms with Gasteiger partial charge in [-0.3, -0.25) is 4.68 Å². The largest absolute Gasteiger partial charge is 0.306 e. The molecule has 3 nitrogen and oxygen atoms in total. The minimum Gasteiger partial charge on any atom is -0.306 e. The number of halogens is 1. The quantitative estimate of drug-likeness (QED) is 0.881. The lowest BCUT2D eigenvalue weighted by molar-refractivity contribution is 0.389. The molecule has 1 aliphatic rings. The summed E-state index contributed by atoms with van der Waals surface area (Å²) in [7, 11) is 0. The summed E-state index contributed by atoms with van der Waals surface area (Å²) in [6.07, 6.45) is 4.33. The van der Waals surface area contributed by atoms with Crippen molar-refractivity contribution >= 4 is 15.9 Å². The van der Waals surface area contributed by atoms with Gasteiger partial charge in [-0.05, 0) is 49.2 Å². The van der Waals surface area contributed by atoms with E-state index in [2.05, 4.69) is 44.9 Å². The minimum absolute atomic E-state index is 0.103. The zero-order valence-electron chi connectivity index (χ0n) is 8.68. The molecular formula is C10H16BrN3. The molecule has 0 aromatic carbocycles. The van der Waals surface area contributed by atoms with Gasteiger partial charge < -0.3 is 5.32 Å². The molecule has 2 heterocycles. The maximum absolute atomic E-state index is 4.35. The third-order valence-corrected chi connectivity index (χ3v) is 3.57. The highest BCUT2D eigenvalue weighted by Gasteiger charge is 2.34. The number of nitrogens with zero attached hydrogens (tertiary/aromatic N) is 2. The summed E-state index contributed by atoms with van der Waals surface area (Å²) in [5, 5.41) is 7.91. The standard InChI is InChI=1S/C10H16BrN3/c1-3-14-9(8(11)7-13-14)10(2)5-4-6-12-10/h7,12H,3-6H2,1-2H3. The van der Waals surface area contributed by atoms with Crippen LogP contribution in [0.4, 0.5) is 0 Å². The molecule has 1 saturated heterocycles. The molecule has 1 aromatic heterocycles. The second-order valence-corrected chi connectivity index (χ2v) is 4.87. The molecule has 0 aliphatic carbocycles. The summed E-state index contributed by atoms with van der Waals surface area (Å²) in [6, 6.07) is 0. The number of aromatic nitrogens is 2. The van der Waals surface area contributed by atoms with E-state index in [9.17, 15) is 0 Å². The first-order chi connectivity index (χ1) is 6.67. The zero-order valence-corrected chi connectivity index (χ0v) is 10.3. The van der Waals surface area contributed by atoms with E-state index in [1.54, 1.807) is 0 Å². The summed E-state index contributed by atoms with van der Waals surface area (Å²) in [4.78, 5) is 0. The highest BCUT2D eigenvalue weighted by atomic mass is 79.9. The Balaban J connectivity index is 2.42. The van der Waals surface area contributed by atoms with Gasteiger partial charge in [-0.1, -0.05) is 0 Å². The van der Waals surface area contributed by atoms with Gasteiger partial charge in [0, 0.05) is 6.54 Å². The Hall–Kier alpha value is -0.350. The highest BCUT2D eigenvalue weighted by molar-refractivity contribution is 9.10. The SMILES string of the molecule is CCn1ncc(Br)c1C1(C)CCCN1. The molecule has 1 N–H and O–H groups in total. The van der Waals surface area contributed by atoms with Crippen LogP contribution in [-0.4, -0.2) is 16.3 Å². The summed E-state index contributed by atoms with van der Waals surface area (Å²) in [5.41, 5.74) is 1.39. The summed E-state index contributed by atoms with van der Waals surface area (Å²) >= 11 is 3.58. The molecular weight excluding hydrogens is 242 g/mol. The Morgan fingerprint density at radius 1 is 1.71 bits per heavy atom. The van der Waals surface area contributed by atoms with Crippen molar-refractivity contribution in [3.05, 3.63) is 16.4 Å². The van der Waals surface area contributed by atoms with Crippen molar-refractivity contribution in [3.8, 4) is 0 Å².